The van der Waals surface area contributed by atoms with E-state index in [0.29, 0.717) is 6.54 Å². The van der Waals surface area contributed by atoms with Crippen molar-refractivity contribution < 1.29 is 0 Å². The van der Waals surface area contributed by atoms with E-state index in [2.05, 4.69) is 77.1 Å². The first-order valence-electron chi connectivity index (χ1n) is 9.71. The van der Waals surface area contributed by atoms with Crippen molar-refractivity contribution in [3.05, 3.63) is 78.1 Å². The summed E-state index contributed by atoms with van der Waals surface area (Å²) in [6.07, 6.45) is 4.32. The van der Waals surface area contributed by atoms with Crippen LogP contribution in [0, 0.1) is 0 Å². The van der Waals surface area contributed by atoms with Gasteiger partial charge in [-0.3, -0.25) is 4.98 Å². The fourth-order valence-electron chi connectivity index (χ4n) is 3.57. The van der Waals surface area contributed by atoms with Crippen molar-refractivity contribution >= 4 is 40.7 Å². The first-order valence-corrected chi connectivity index (χ1v) is 9.71. The van der Waals surface area contributed by atoms with Crippen molar-refractivity contribution in [2.75, 3.05) is 13.1 Å². The van der Waals surface area contributed by atoms with Gasteiger partial charge in [0.05, 0.1) is 12.2 Å². The molecule has 3 aromatic rings. The second-order valence-corrected chi connectivity index (χ2v) is 7.17. The summed E-state index contributed by atoms with van der Waals surface area (Å²) in [6.45, 7) is 4.41. The van der Waals surface area contributed by atoms with Crippen molar-refractivity contribution in [3.8, 4) is 0 Å². The average molecular weight is 486 g/mol. The predicted molar refractivity (Wildman–Crippen MR) is 127 cm³/mol. The Morgan fingerprint density at radius 2 is 1.75 bits per heavy atom. The van der Waals surface area contributed by atoms with Crippen LogP contribution >= 0.6 is 24.0 Å². The number of benzene rings is 2. The van der Waals surface area contributed by atoms with Gasteiger partial charge in [0.25, 0.3) is 0 Å². The van der Waals surface area contributed by atoms with Crippen LogP contribution < -0.4 is 10.6 Å². The van der Waals surface area contributed by atoms with E-state index in [9.17, 15) is 0 Å². The summed E-state index contributed by atoms with van der Waals surface area (Å²) in [4.78, 5) is 9.34. The van der Waals surface area contributed by atoms with E-state index in [1.807, 2.05) is 12.3 Å². The Balaban J connectivity index is 0.00000225. The molecule has 1 aliphatic rings. The molecule has 146 valence electrons. The molecule has 1 saturated carbocycles. The number of fused-ring (bicyclic) bond motifs is 1. The quantitative estimate of drug-likeness (QED) is 0.303. The molecule has 0 spiro atoms. The first kappa shape index (κ1) is 20.6. The van der Waals surface area contributed by atoms with Gasteiger partial charge in [-0.25, -0.2) is 4.99 Å². The van der Waals surface area contributed by atoms with Gasteiger partial charge >= 0.3 is 0 Å². The maximum atomic E-state index is 4.79. The zero-order valence-corrected chi connectivity index (χ0v) is 18.5. The summed E-state index contributed by atoms with van der Waals surface area (Å²) < 4.78 is 0. The Bertz CT molecular complexity index is 930. The molecule has 0 unspecified atom stereocenters. The minimum atomic E-state index is 0. The van der Waals surface area contributed by atoms with Crippen molar-refractivity contribution in [3.63, 3.8) is 0 Å². The third-order valence-corrected chi connectivity index (χ3v) is 5.32. The van der Waals surface area contributed by atoms with Crippen LogP contribution in [0.25, 0.3) is 10.8 Å². The second-order valence-electron chi connectivity index (χ2n) is 7.17. The summed E-state index contributed by atoms with van der Waals surface area (Å²) in [5.74, 6) is 0.856. The smallest absolute Gasteiger partial charge is 0.191 e. The van der Waals surface area contributed by atoms with Crippen LogP contribution in [-0.4, -0.2) is 24.0 Å². The number of guanidine groups is 1. The number of halogens is 1. The van der Waals surface area contributed by atoms with Crippen LogP contribution in [0.5, 0.6) is 0 Å². The molecule has 1 heterocycles. The van der Waals surface area contributed by atoms with Crippen LogP contribution in [0.1, 0.15) is 31.0 Å². The number of aromatic nitrogens is 1. The molecule has 4 nitrogen and oxygen atoms in total. The summed E-state index contributed by atoms with van der Waals surface area (Å²) >= 11 is 0. The highest BCUT2D eigenvalue weighted by atomic mass is 127. The Labute approximate surface area is 183 Å². The molecule has 2 N–H and O–H groups in total. The topological polar surface area (TPSA) is 49.3 Å². The Hall–Kier alpha value is -2.15. The predicted octanol–water partition coefficient (Wildman–Crippen LogP) is 4.64. The molecule has 0 saturated heterocycles. The molecule has 2 aromatic carbocycles. The van der Waals surface area contributed by atoms with E-state index in [-0.39, 0.29) is 29.4 Å². The maximum Gasteiger partial charge on any atom is 0.191 e. The lowest BCUT2D eigenvalue weighted by Gasteiger charge is -2.19. The molecule has 0 aliphatic heterocycles. The number of nitrogens with one attached hydrogen (secondary N) is 2. The minimum Gasteiger partial charge on any atom is -0.357 e. The van der Waals surface area contributed by atoms with Gasteiger partial charge in [-0.15, -0.1) is 24.0 Å². The third kappa shape index (κ3) is 4.63. The van der Waals surface area contributed by atoms with Crippen LogP contribution in [0.2, 0.25) is 0 Å². The largest absolute Gasteiger partial charge is 0.357 e. The van der Waals surface area contributed by atoms with Crippen molar-refractivity contribution in [1.82, 2.24) is 15.6 Å². The lowest BCUT2D eigenvalue weighted by molar-refractivity contribution is 0.646. The fourth-order valence-corrected chi connectivity index (χ4v) is 3.57. The van der Waals surface area contributed by atoms with Crippen LogP contribution in [-0.2, 0) is 12.0 Å². The molecule has 1 aliphatic carbocycles. The zero-order chi connectivity index (χ0) is 18.5. The highest BCUT2D eigenvalue weighted by Gasteiger charge is 2.43. The van der Waals surface area contributed by atoms with Crippen molar-refractivity contribution in [1.29, 1.82) is 0 Å². The zero-order valence-electron chi connectivity index (χ0n) is 16.2. The van der Waals surface area contributed by atoms with Crippen LogP contribution in [0.3, 0.4) is 0 Å². The molecule has 1 fully saturated rings. The summed E-state index contributed by atoms with van der Waals surface area (Å²) in [5, 5.41) is 9.29. The van der Waals surface area contributed by atoms with Crippen LogP contribution in [0.15, 0.2) is 71.9 Å². The van der Waals surface area contributed by atoms with E-state index in [1.165, 1.54) is 29.2 Å². The molecule has 0 atom stereocenters. The summed E-state index contributed by atoms with van der Waals surface area (Å²) in [5.41, 5.74) is 2.69. The molecule has 5 heteroatoms. The first-order chi connectivity index (χ1) is 13.3. The lowest BCUT2D eigenvalue weighted by atomic mass is 9.96. The van der Waals surface area contributed by atoms with E-state index in [1.54, 1.807) is 0 Å². The number of pyridine rings is 1. The Morgan fingerprint density at radius 3 is 2.50 bits per heavy atom. The van der Waals surface area contributed by atoms with Gasteiger partial charge in [0, 0.05) is 30.1 Å². The number of hydrogen-bond donors (Lipinski definition) is 2. The van der Waals surface area contributed by atoms with E-state index in [0.717, 1.165) is 24.7 Å². The van der Waals surface area contributed by atoms with E-state index < -0.39 is 0 Å². The summed E-state index contributed by atoms with van der Waals surface area (Å²) in [7, 11) is 0. The highest BCUT2D eigenvalue weighted by molar-refractivity contribution is 14.0. The molecule has 1 aromatic heterocycles. The fraction of sp³-hybridized carbons (Fsp3) is 0.304. The van der Waals surface area contributed by atoms with Gasteiger partial charge in [0.1, 0.15) is 0 Å². The normalized spacial score (nSPS) is 15.0. The molecule has 4 rings (SSSR count). The van der Waals surface area contributed by atoms with Gasteiger partial charge in [0.2, 0.25) is 0 Å². The molecule has 0 amide bonds. The van der Waals surface area contributed by atoms with Gasteiger partial charge in [-0.2, -0.15) is 0 Å². The number of rotatable bonds is 6. The molecule has 0 radical (unpaired) electrons. The maximum absolute atomic E-state index is 4.79. The van der Waals surface area contributed by atoms with Gasteiger partial charge < -0.3 is 10.6 Å². The Kier molecular flexibility index (Phi) is 6.88. The van der Waals surface area contributed by atoms with E-state index >= 15 is 0 Å². The Morgan fingerprint density at radius 1 is 1.00 bits per heavy atom. The van der Waals surface area contributed by atoms with Gasteiger partial charge in [-0.05, 0) is 36.8 Å². The van der Waals surface area contributed by atoms with E-state index in [4.69, 9.17) is 4.99 Å². The molecule has 28 heavy (non-hydrogen) atoms. The molecular formula is C23H27IN4. The standard InChI is InChI=1S/C23H26N4.HI/c1-2-24-22(27-17-23(13-14-23)19-9-4-3-5-10-19)26-16-21-20-11-7-6-8-18(20)12-15-25-21;/h3-12,15H,2,13-14,16-17H2,1H3,(H2,24,26,27);1H. The number of nitrogens with zero attached hydrogens (tertiary/aromatic N) is 2. The SMILES string of the molecule is CCNC(=NCc1nccc2ccccc12)NCC1(c2ccccc2)CC1.I. The second kappa shape index (κ2) is 9.37. The number of aliphatic imine (C=N–C) groups is 1. The van der Waals surface area contributed by atoms with Crippen molar-refractivity contribution in [2.24, 2.45) is 4.99 Å². The monoisotopic (exact) mass is 486 g/mol. The van der Waals surface area contributed by atoms with Gasteiger partial charge in [-0.1, -0.05) is 54.6 Å². The lowest BCUT2D eigenvalue weighted by Crippen LogP contribution is -2.41. The molecular weight excluding hydrogens is 459 g/mol. The summed E-state index contributed by atoms with van der Waals surface area (Å²) in [6, 6.07) is 21.2. The number of hydrogen-bond acceptors (Lipinski definition) is 2. The van der Waals surface area contributed by atoms with Crippen molar-refractivity contribution in [2.45, 2.75) is 31.7 Å². The average Bonchev–Trinajstić information content (AvgIpc) is 3.52. The highest BCUT2D eigenvalue weighted by Crippen LogP contribution is 2.47. The molecule has 0 bridgehead atoms. The third-order valence-electron chi connectivity index (χ3n) is 5.32. The minimum absolute atomic E-state index is 0. The van der Waals surface area contributed by atoms with Gasteiger partial charge in [0.15, 0.2) is 5.96 Å². The van der Waals surface area contributed by atoms with Crippen LogP contribution in [0.4, 0.5) is 0 Å².